The molecular formula is C27H23F3O5. The summed E-state index contributed by atoms with van der Waals surface area (Å²) in [5, 5.41) is 9.13. The highest BCUT2D eigenvalue weighted by Crippen LogP contribution is 2.39. The van der Waals surface area contributed by atoms with Gasteiger partial charge in [0.2, 0.25) is 0 Å². The molecule has 0 aliphatic carbocycles. The van der Waals surface area contributed by atoms with Crippen molar-refractivity contribution in [2.24, 2.45) is 0 Å². The number of aldehydes is 1. The number of aliphatic carboxylic acids is 1. The standard InChI is InChI=1S/C27H23F3O5/c1-3-14-34-25-23(15-31)21(10-13-24(25)27(28,29)30)16-35-22-11-8-20(9-12-22)19-6-4-18(5-7-19)17(2)26(32)33/h3-13,15,17H,1,14,16H2,2H3,(H,32,33). The fourth-order valence-electron chi connectivity index (χ4n) is 3.43. The van der Waals surface area contributed by atoms with E-state index in [9.17, 15) is 22.8 Å². The van der Waals surface area contributed by atoms with Crippen LogP contribution in [0, 0.1) is 0 Å². The van der Waals surface area contributed by atoms with E-state index in [0.29, 0.717) is 17.6 Å². The first-order valence-electron chi connectivity index (χ1n) is 10.6. The van der Waals surface area contributed by atoms with E-state index >= 15 is 0 Å². The summed E-state index contributed by atoms with van der Waals surface area (Å²) >= 11 is 0. The third kappa shape index (κ3) is 6.09. The van der Waals surface area contributed by atoms with Crippen molar-refractivity contribution >= 4 is 12.3 Å². The van der Waals surface area contributed by atoms with Crippen LogP contribution in [0.25, 0.3) is 11.1 Å². The molecule has 182 valence electrons. The monoisotopic (exact) mass is 484 g/mol. The second kappa shape index (κ2) is 10.9. The maximum atomic E-state index is 13.4. The van der Waals surface area contributed by atoms with Gasteiger partial charge in [0.1, 0.15) is 24.7 Å². The molecule has 8 heteroatoms. The zero-order valence-corrected chi connectivity index (χ0v) is 18.8. The molecule has 35 heavy (non-hydrogen) atoms. The molecule has 1 unspecified atom stereocenters. The van der Waals surface area contributed by atoms with Gasteiger partial charge in [-0.15, -0.1) is 0 Å². The smallest absolute Gasteiger partial charge is 0.419 e. The van der Waals surface area contributed by atoms with E-state index < -0.39 is 29.4 Å². The molecular weight excluding hydrogens is 461 g/mol. The Hall–Kier alpha value is -4.07. The number of ether oxygens (including phenoxy) is 2. The van der Waals surface area contributed by atoms with Gasteiger partial charge in [0.05, 0.1) is 17.0 Å². The third-order valence-electron chi connectivity index (χ3n) is 5.42. The van der Waals surface area contributed by atoms with Crippen molar-refractivity contribution in [1.82, 2.24) is 0 Å². The number of rotatable bonds is 10. The highest BCUT2D eigenvalue weighted by atomic mass is 19.4. The summed E-state index contributed by atoms with van der Waals surface area (Å²) in [6.07, 6.45) is -3.07. The summed E-state index contributed by atoms with van der Waals surface area (Å²) < 4.78 is 51.0. The first-order chi connectivity index (χ1) is 16.7. The van der Waals surface area contributed by atoms with Gasteiger partial charge in [0, 0.05) is 5.56 Å². The number of carbonyl (C=O) groups excluding carboxylic acids is 1. The second-order valence-electron chi connectivity index (χ2n) is 7.73. The minimum atomic E-state index is -4.69. The average molecular weight is 484 g/mol. The van der Waals surface area contributed by atoms with E-state index in [1.54, 1.807) is 43.3 Å². The molecule has 0 spiro atoms. The van der Waals surface area contributed by atoms with Crippen LogP contribution >= 0.6 is 0 Å². The van der Waals surface area contributed by atoms with Gasteiger partial charge in [-0.05, 0) is 41.8 Å². The van der Waals surface area contributed by atoms with Gasteiger partial charge in [-0.1, -0.05) is 55.1 Å². The van der Waals surface area contributed by atoms with Gasteiger partial charge in [-0.2, -0.15) is 13.2 Å². The molecule has 1 atom stereocenters. The van der Waals surface area contributed by atoms with E-state index in [-0.39, 0.29) is 24.3 Å². The summed E-state index contributed by atoms with van der Waals surface area (Å²) in [5.41, 5.74) is 1.43. The van der Waals surface area contributed by atoms with Gasteiger partial charge in [0.15, 0.2) is 6.29 Å². The zero-order chi connectivity index (χ0) is 25.6. The average Bonchev–Trinajstić information content (AvgIpc) is 2.85. The molecule has 0 aromatic heterocycles. The fourth-order valence-corrected chi connectivity index (χ4v) is 3.43. The van der Waals surface area contributed by atoms with Gasteiger partial charge < -0.3 is 14.6 Å². The number of hydrogen-bond donors (Lipinski definition) is 1. The highest BCUT2D eigenvalue weighted by Gasteiger charge is 2.36. The molecule has 3 aromatic rings. The molecule has 3 aromatic carbocycles. The maximum absolute atomic E-state index is 13.4. The summed E-state index contributed by atoms with van der Waals surface area (Å²) in [4.78, 5) is 22.8. The summed E-state index contributed by atoms with van der Waals surface area (Å²) in [7, 11) is 0. The topological polar surface area (TPSA) is 72.8 Å². The van der Waals surface area contributed by atoms with Crippen LogP contribution in [0.2, 0.25) is 0 Å². The highest BCUT2D eigenvalue weighted by molar-refractivity contribution is 5.83. The van der Waals surface area contributed by atoms with Crippen molar-refractivity contribution in [3.63, 3.8) is 0 Å². The van der Waals surface area contributed by atoms with Crippen LogP contribution in [0.5, 0.6) is 11.5 Å². The van der Waals surface area contributed by atoms with E-state index in [1.165, 1.54) is 12.1 Å². The Labute approximate surface area is 200 Å². The van der Waals surface area contributed by atoms with Crippen molar-refractivity contribution in [2.75, 3.05) is 6.61 Å². The van der Waals surface area contributed by atoms with Gasteiger partial charge in [-0.3, -0.25) is 9.59 Å². The van der Waals surface area contributed by atoms with Crippen molar-refractivity contribution in [1.29, 1.82) is 0 Å². The molecule has 0 fully saturated rings. The lowest BCUT2D eigenvalue weighted by Gasteiger charge is -2.18. The van der Waals surface area contributed by atoms with E-state index in [2.05, 4.69) is 6.58 Å². The quantitative estimate of drug-likeness (QED) is 0.262. The van der Waals surface area contributed by atoms with Crippen LogP contribution in [-0.4, -0.2) is 24.0 Å². The largest absolute Gasteiger partial charge is 0.489 e. The Morgan fingerprint density at radius 3 is 2.11 bits per heavy atom. The normalized spacial score (nSPS) is 12.0. The Kier molecular flexibility index (Phi) is 7.96. The van der Waals surface area contributed by atoms with Crippen LogP contribution in [0.15, 0.2) is 73.3 Å². The van der Waals surface area contributed by atoms with Gasteiger partial charge in [0.25, 0.3) is 0 Å². The zero-order valence-electron chi connectivity index (χ0n) is 18.8. The van der Waals surface area contributed by atoms with E-state index in [0.717, 1.165) is 17.2 Å². The summed E-state index contributed by atoms with van der Waals surface area (Å²) in [6.45, 7) is 4.71. The first kappa shape index (κ1) is 25.6. The second-order valence-corrected chi connectivity index (χ2v) is 7.73. The minimum absolute atomic E-state index is 0.141. The molecule has 0 saturated heterocycles. The van der Waals surface area contributed by atoms with Crippen LogP contribution in [0.4, 0.5) is 13.2 Å². The molecule has 3 rings (SSSR count). The van der Waals surface area contributed by atoms with Crippen molar-refractivity contribution in [3.8, 4) is 22.6 Å². The molecule has 0 amide bonds. The minimum Gasteiger partial charge on any atom is -0.489 e. The summed E-state index contributed by atoms with van der Waals surface area (Å²) in [5.74, 6) is -1.60. The van der Waals surface area contributed by atoms with Crippen LogP contribution < -0.4 is 9.47 Å². The number of carboxylic acids is 1. The number of benzene rings is 3. The molecule has 0 saturated carbocycles. The molecule has 0 aliphatic heterocycles. The number of hydrogen-bond acceptors (Lipinski definition) is 4. The van der Waals surface area contributed by atoms with Crippen molar-refractivity contribution in [3.05, 3.63) is 95.6 Å². The van der Waals surface area contributed by atoms with Crippen LogP contribution in [-0.2, 0) is 17.6 Å². The lowest BCUT2D eigenvalue weighted by Crippen LogP contribution is -2.13. The predicted molar refractivity (Wildman–Crippen MR) is 125 cm³/mol. The fraction of sp³-hybridized carbons (Fsp3) is 0.185. The predicted octanol–water partition coefficient (Wildman–Crippen LogP) is 6.52. The summed E-state index contributed by atoms with van der Waals surface area (Å²) in [6, 6.07) is 16.2. The number of carbonyl (C=O) groups is 2. The van der Waals surface area contributed by atoms with Crippen LogP contribution in [0.1, 0.15) is 39.9 Å². The molecule has 1 N–H and O–H groups in total. The maximum Gasteiger partial charge on any atom is 0.419 e. The Balaban J connectivity index is 1.77. The first-order valence-corrected chi connectivity index (χ1v) is 10.6. The number of halogens is 3. The lowest BCUT2D eigenvalue weighted by molar-refractivity contribution is -0.139. The van der Waals surface area contributed by atoms with E-state index in [4.69, 9.17) is 14.6 Å². The molecule has 0 radical (unpaired) electrons. The Bertz CT molecular complexity index is 1200. The lowest BCUT2D eigenvalue weighted by atomic mass is 9.97. The van der Waals surface area contributed by atoms with Crippen molar-refractivity contribution in [2.45, 2.75) is 25.6 Å². The van der Waals surface area contributed by atoms with Gasteiger partial charge in [-0.25, -0.2) is 0 Å². The number of alkyl halides is 3. The Morgan fingerprint density at radius 2 is 1.60 bits per heavy atom. The molecule has 5 nitrogen and oxygen atoms in total. The molecule has 0 heterocycles. The van der Waals surface area contributed by atoms with Gasteiger partial charge >= 0.3 is 12.1 Å². The SMILES string of the molecule is C=CCOc1c(C(F)(F)F)ccc(COc2ccc(-c3ccc(C(C)C(=O)O)cc3)cc2)c1C=O. The Morgan fingerprint density at radius 1 is 1.00 bits per heavy atom. The third-order valence-corrected chi connectivity index (χ3v) is 5.42. The molecule has 0 bridgehead atoms. The number of carboxylic acid groups (broad SMARTS) is 1. The van der Waals surface area contributed by atoms with Crippen molar-refractivity contribution < 1.29 is 37.3 Å². The van der Waals surface area contributed by atoms with Crippen LogP contribution in [0.3, 0.4) is 0 Å². The van der Waals surface area contributed by atoms with E-state index in [1.807, 2.05) is 12.1 Å². The molecule has 0 aliphatic rings.